The summed E-state index contributed by atoms with van der Waals surface area (Å²) in [5.41, 5.74) is 6.94. The monoisotopic (exact) mass is 626 g/mol. The van der Waals surface area contributed by atoms with Crippen LogP contribution in [0.3, 0.4) is 0 Å². The first-order chi connectivity index (χ1) is 22.3. The summed E-state index contributed by atoms with van der Waals surface area (Å²) in [5.74, 6) is 2.14. The van der Waals surface area contributed by atoms with Gasteiger partial charge in [0.25, 0.3) is 0 Å². The number of nitrogens with one attached hydrogen (secondary N) is 6. The molecule has 0 aliphatic heterocycles. The second-order valence-electron chi connectivity index (χ2n) is 10.7. The van der Waals surface area contributed by atoms with Gasteiger partial charge in [-0.1, -0.05) is 36.4 Å². The molecule has 14 heteroatoms. The molecular formula is C32H42N12O2. The molecule has 0 aliphatic carbocycles. The Labute approximate surface area is 269 Å². The van der Waals surface area contributed by atoms with Gasteiger partial charge in [0, 0.05) is 53.1 Å². The summed E-state index contributed by atoms with van der Waals surface area (Å²) in [5, 5.41) is 18.6. The molecule has 0 unspecified atom stereocenters. The highest BCUT2D eigenvalue weighted by Gasteiger charge is 2.12. The standard InChI is InChI=1S/C32H42N12O2/c1-21-25(15-37-31-41-19-39-29(43-31)17-33-11-13-35-23(3)45)7-5-9-27(21)28-10-6-8-26(22(28)2)16-38-32-42-20-40-30(44-32)18-34-12-14-36-24(4)46/h5-10,19-20,33-34H,11-18H2,1-4H3,(H,35,45)(H,36,46)(H,37,39,41,43)(H,38,40,42,44). The van der Waals surface area contributed by atoms with Crippen molar-refractivity contribution in [3.8, 4) is 11.1 Å². The largest absolute Gasteiger partial charge is 0.355 e. The summed E-state index contributed by atoms with van der Waals surface area (Å²) < 4.78 is 0. The van der Waals surface area contributed by atoms with Crippen LogP contribution in [0.1, 0.15) is 47.8 Å². The van der Waals surface area contributed by atoms with Gasteiger partial charge in [-0.15, -0.1) is 0 Å². The molecule has 14 nitrogen and oxygen atoms in total. The summed E-state index contributed by atoms with van der Waals surface area (Å²) in [4.78, 5) is 48.1. The van der Waals surface area contributed by atoms with Gasteiger partial charge in [-0.3, -0.25) is 9.59 Å². The fourth-order valence-corrected chi connectivity index (χ4v) is 4.74. The summed E-state index contributed by atoms with van der Waals surface area (Å²) in [6, 6.07) is 12.6. The minimum Gasteiger partial charge on any atom is -0.355 e. The fraction of sp³-hybridized carbons (Fsp3) is 0.375. The Hall–Kier alpha value is -5.08. The van der Waals surface area contributed by atoms with Crippen molar-refractivity contribution in [2.45, 2.75) is 53.9 Å². The topological polar surface area (TPSA) is 184 Å². The third-order valence-electron chi connectivity index (χ3n) is 7.22. The molecule has 0 atom stereocenters. The van der Waals surface area contributed by atoms with Crippen LogP contribution in [0.4, 0.5) is 11.9 Å². The average Bonchev–Trinajstić information content (AvgIpc) is 3.04. The molecule has 2 aromatic heterocycles. The van der Waals surface area contributed by atoms with E-state index < -0.39 is 0 Å². The van der Waals surface area contributed by atoms with Gasteiger partial charge in [0.1, 0.15) is 24.3 Å². The smallest absolute Gasteiger partial charge is 0.226 e. The number of rotatable bonds is 17. The minimum absolute atomic E-state index is 0.0552. The van der Waals surface area contributed by atoms with E-state index in [0.29, 0.717) is 75.9 Å². The zero-order chi connectivity index (χ0) is 32.7. The first-order valence-corrected chi connectivity index (χ1v) is 15.2. The lowest BCUT2D eigenvalue weighted by atomic mass is 9.91. The number of nitrogens with zero attached hydrogens (tertiary/aromatic N) is 6. The highest BCUT2D eigenvalue weighted by molar-refractivity contribution is 5.73. The second-order valence-corrected chi connectivity index (χ2v) is 10.7. The highest BCUT2D eigenvalue weighted by Crippen LogP contribution is 2.30. The van der Waals surface area contributed by atoms with Crippen molar-refractivity contribution in [2.75, 3.05) is 36.8 Å². The van der Waals surface area contributed by atoms with Crippen LogP contribution >= 0.6 is 0 Å². The van der Waals surface area contributed by atoms with Gasteiger partial charge in [-0.2, -0.15) is 9.97 Å². The van der Waals surface area contributed by atoms with Crippen molar-refractivity contribution >= 4 is 23.7 Å². The Bertz CT molecular complexity index is 1500. The van der Waals surface area contributed by atoms with Gasteiger partial charge in [0.15, 0.2) is 0 Å². The molecule has 2 aromatic carbocycles. The highest BCUT2D eigenvalue weighted by atomic mass is 16.2. The number of carbonyl (C=O) groups is 2. The van der Waals surface area contributed by atoms with Crippen LogP contribution < -0.4 is 31.9 Å². The Morgan fingerprint density at radius 3 is 1.43 bits per heavy atom. The molecular weight excluding hydrogens is 584 g/mol. The number of anilines is 2. The molecule has 0 spiro atoms. The van der Waals surface area contributed by atoms with E-state index in [4.69, 9.17) is 0 Å². The Balaban J connectivity index is 1.35. The van der Waals surface area contributed by atoms with Crippen molar-refractivity contribution in [2.24, 2.45) is 0 Å². The van der Waals surface area contributed by atoms with Crippen LogP contribution in [0.15, 0.2) is 49.1 Å². The predicted octanol–water partition coefficient (Wildman–Crippen LogP) is 2.02. The number of hydrogen-bond acceptors (Lipinski definition) is 12. The van der Waals surface area contributed by atoms with E-state index >= 15 is 0 Å². The normalized spacial score (nSPS) is 10.8. The van der Waals surface area contributed by atoms with E-state index in [0.717, 1.165) is 22.3 Å². The molecule has 242 valence electrons. The quantitative estimate of drug-likeness (QED) is 0.0939. The van der Waals surface area contributed by atoms with Crippen molar-refractivity contribution in [3.05, 3.63) is 83.0 Å². The van der Waals surface area contributed by atoms with Gasteiger partial charge in [-0.05, 0) is 47.2 Å². The maximum atomic E-state index is 11.0. The molecule has 6 N–H and O–H groups in total. The number of benzene rings is 2. The van der Waals surface area contributed by atoms with Crippen LogP contribution in [-0.2, 0) is 35.8 Å². The summed E-state index contributed by atoms with van der Waals surface area (Å²) in [6.45, 7) is 11.6. The molecule has 2 heterocycles. The zero-order valence-electron chi connectivity index (χ0n) is 26.8. The maximum absolute atomic E-state index is 11.0. The van der Waals surface area contributed by atoms with E-state index in [9.17, 15) is 9.59 Å². The van der Waals surface area contributed by atoms with Crippen LogP contribution in [0.25, 0.3) is 11.1 Å². The molecule has 0 radical (unpaired) electrons. The van der Waals surface area contributed by atoms with Crippen molar-refractivity contribution in [1.82, 2.24) is 51.2 Å². The third-order valence-corrected chi connectivity index (χ3v) is 7.22. The lowest BCUT2D eigenvalue weighted by molar-refractivity contribution is -0.119. The molecule has 0 saturated carbocycles. The number of carbonyl (C=O) groups excluding carboxylic acids is 2. The minimum atomic E-state index is -0.0552. The molecule has 0 aliphatic rings. The molecule has 46 heavy (non-hydrogen) atoms. The molecule has 0 fully saturated rings. The van der Waals surface area contributed by atoms with Crippen molar-refractivity contribution < 1.29 is 9.59 Å². The van der Waals surface area contributed by atoms with Crippen molar-refractivity contribution in [3.63, 3.8) is 0 Å². The summed E-state index contributed by atoms with van der Waals surface area (Å²) in [7, 11) is 0. The third kappa shape index (κ3) is 10.5. The summed E-state index contributed by atoms with van der Waals surface area (Å²) in [6.07, 6.45) is 3.00. The van der Waals surface area contributed by atoms with E-state index in [2.05, 4.69) is 112 Å². The maximum Gasteiger partial charge on any atom is 0.226 e. The average molecular weight is 627 g/mol. The number of amides is 2. The van der Waals surface area contributed by atoms with E-state index in [-0.39, 0.29) is 11.8 Å². The van der Waals surface area contributed by atoms with Crippen LogP contribution in [-0.4, -0.2) is 67.9 Å². The fourth-order valence-electron chi connectivity index (χ4n) is 4.74. The first kappa shape index (κ1) is 33.8. The van der Waals surface area contributed by atoms with E-state index in [1.165, 1.54) is 37.6 Å². The lowest BCUT2D eigenvalue weighted by Gasteiger charge is -2.17. The Morgan fingerprint density at radius 1 is 0.587 bits per heavy atom. The van der Waals surface area contributed by atoms with Gasteiger partial charge >= 0.3 is 0 Å². The molecule has 4 aromatic rings. The second kappa shape index (κ2) is 17.4. The molecule has 0 bridgehead atoms. The zero-order valence-corrected chi connectivity index (χ0v) is 26.8. The lowest BCUT2D eigenvalue weighted by Crippen LogP contribution is -2.30. The molecule has 4 rings (SSSR count). The van der Waals surface area contributed by atoms with Gasteiger partial charge in [-0.25, -0.2) is 19.9 Å². The number of aromatic nitrogens is 6. The summed E-state index contributed by atoms with van der Waals surface area (Å²) >= 11 is 0. The van der Waals surface area contributed by atoms with Crippen LogP contribution in [0.2, 0.25) is 0 Å². The van der Waals surface area contributed by atoms with Gasteiger partial charge in [0.2, 0.25) is 23.7 Å². The molecule has 2 amide bonds. The Kier molecular flexibility index (Phi) is 12.8. The molecule has 0 saturated heterocycles. The SMILES string of the molecule is CC(=O)NCCNCc1ncnc(NCc2cccc(-c3cccc(CNc4ncnc(CNCCNC(C)=O)n4)c3C)c2C)n1. The van der Waals surface area contributed by atoms with Gasteiger partial charge < -0.3 is 31.9 Å². The Morgan fingerprint density at radius 2 is 1.02 bits per heavy atom. The van der Waals surface area contributed by atoms with E-state index in [1.807, 2.05) is 0 Å². The van der Waals surface area contributed by atoms with Crippen molar-refractivity contribution in [1.29, 1.82) is 0 Å². The van der Waals surface area contributed by atoms with Crippen LogP contribution in [0.5, 0.6) is 0 Å². The number of hydrogen-bond donors (Lipinski definition) is 6. The van der Waals surface area contributed by atoms with Crippen LogP contribution in [0, 0.1) is 13.8 Å². The van der Waals surface area contributed by atoms with Gasteiger partial charge in [0.05, 0.1) is 13.1 Å². The predicted molar refractivity (Wildman–Crippen MR) is 176 cm³/mol. The van der Waals surface area contributed by atoms with E-state index in [1.54, 1.807) is 0 Å². The first-order valence-electron chi connectivity index (χ1n) is 15.2.